The van der Waals surface area contributed by atoms with Crippen LogP contribution in [0.2, 0.25) is 0 Å². The van der Waals surface area contributed by atoms with E-state index in [2.05, 4.69) is 4.98 Å². The number of nitrogens with two attached hydrogens (primary N) is 1. The molecule has 0 aliphatic carbocycles. The quantitative estimate of drug-likeness (QED) is 0.810. The second kappa shape index (κ2) is 5.86. The van der Waals surface area contributed by atoms with Crippen molar-refractivity contribution < 1.29 is 13.5 Å². The van der Waals surface area contributed by atoms with Crippen LogP contribution in [0.15, 0.2) is 18.5 Å². The minimum absolute atomic E-state index is 0.127. The molecule has 1 heterocycles. The number of pyridine rings is 1. The molecule has 0 saturated carbocycles. The number of alkyl halides is 1. The summed E-state index contributed by atoms with van der Waals surface area (Å²) in [5.74, 6) is -0.552. The van der Waals surface area contributed by atoms with Crippen molar-refractivity contribution >= 4 is 0 Å². The summed E-state index contributed by atoms with van der Waals surface area (Å²) < 4.78 is 32.3. The maximum absolute atomic E-state index is 14.5. The first-order valence-electron chi connectivity index (χ1n) is 5.11. The molecule has 2 N–H and O–H groups in total. The van der Waals surface area contributed by atoms with Crippen molar-refractivity contribution in [3.8, 4) is 0 Å². The second-order valence-corrected chi connectivity index (χ2v) is 3.68. The fourth-order valence-corrected chi connectivity index (χ4v) is 1.57. The molecule has 0 fully saturated rings. The second-order valence-electron chi connectivity index (χ2n) is 3.68. The zero-order valence-electron chi connectivity index (χ0n) is 9.25. The summed E-state index contributed by atoms with van der Waals surface area (Å²) in [6.07, 6.45) is 3.07. The summed E-state index contributed by atoms with van der Waals surface area (Å²) >= 11 is 0. The van der Waals surface area contributed by atoms with Crippen LogP contribution in [0.4, 0.5) is 8.78 Å². The Morgan fingerprint density at radius 3 is 2.81 bits per heavy atom. The fourth-order valence-electron chi connectivity index (χ4n) is 1.57. The highest BCUT2D eigenvalue weighted by Gasteiger charge is 2.32. The van der Waals surface area contributed by atoms with Gasteiger partial charge in [-0.2, -0.15) is 0 Å². The number of aromatic nitrogens is 1. The molecule has 1 aromatic rings. The van der Waals surface area contributed by atoms with Gasteiger partial charge in [0.25, 0.3) is 0 Å². The standard InChI is InChI=1S/C11H16F2N2O/c1-16-8-11(13,3-2-4-14)9-5-10(12)7-15-6-9/h5-7H,2-4,8,14H2,1H3. The average Bonchev–Trinajstić information content (AvgIpc) is 2.27. The highest BCUT2D eigenvalue weighted by atomic mass is 19.1. The number of hydrogen-bond donors (Lipinski definition) is 1. The molecule has 16 heavy (non-hydrogen) atoms. The summed E-state index contributed by atoms with van der Waals surface area (Å²) in [7, 11) is 1.41. The number of ether oxygens (including phenoxy) is 1. The topological polar surface area (TPSA) is 48.1 Å². The van der Waals surface area contributed by atoms with Crippen LogP contribution in [0, 0.1) is 5.82 Å². The van der Waals surface area contributed by atoms with E-state index >= 15 is 0 Å². The van der Waals surface area contributed by atoms with E-state index in [-0.39, 0.29) is 18.6 Å². The van der Waals surface area contributed by atoms with Crippen LogP contribution >= 0.6 is 0 Å². The Balaban J connectivity index is 2.91. The minimum Gasteiger partial charge on any atom is -0.381 e. The molecule has 0 aliphatic heterocycles. The Kier molecular flexibility index (Phi) is 4.76. The van der Waals surface area contributed by atoms with Crippen LogP contribution < -0.4 is 5.73 Å². The lowest BCUT2D eigenvalue weighted by atomic mass is 9.93. The predicted molar refractivity (Wildman–Crippen MR) is 57.1 cm³/mol. The van der Waals surface area contributed by atoms with Crippen LogP contribution in [-0.2, 0) is 10.4 Å². The van der Waals surface area contributed by atoms with Crippen molar-refractivity contribution in [2.45, 2.75) is 18.5 Å². The lowest BCUT2D eigenvalue weighted by molar-refractivity contribution is 0.0299. The molecular weight excluding hydrogens is 214 g/mol. The molecule has 0 radical (unpaired) electrons. The van der Waals surface area contributed by atoms with Gasteiger partial charge in [0.2, 0.25) is 0 Å². The summed E-state index contributed by atoms with van der Waals surface area (Å²) in [6.45, 7) is 0.260. The van der Waals surface area contributed by atoms with Crippen molar-refractivity contribution in [3.63, 3.8) is 0 Å². The van der Waals surface area contributed by atoms with Crippen molar-refractivity contribution in [1.82, 2.24) is 4.98 Å². The third kappa shape index (κ3) is 3.21. The lowest BCUT2D eigenvalue weighted by Crippen LogP contribution is -2.27. The zero-order chi connectivity index (χ0) is 12.0. The normalized spacial score (nSPS) is 14.8. The van der Waals surface area contributed by atoms with E-state index in [0.29, 0.717) is 13.0 Å². The van der Waals surface area contributed by atoms with Crippen LogP contribution in [0.3, 0.4) is 0 Å². The van der Waals surface area contributed by atoms with Gasteiger partial charge in [-0.25, -0.2) is 8.78 Å². The van der Waals surface area contributed by atoms with E-state index in [1.165, 1.54) is 13.3 Å². The molecule has 0 bridgehead atoms. The number of halogens is 2. The molecule has 1 rings (SSSR count). The van der Waals surface area contributed by atoms with E-state index < -0.39 is 11.5 Å². The van der Waals surface area contributed by atoms with Crippen molar-refractivity contribution in [2.75, 3.05) is 20.3 Å². The number of methoxy groups -OCH3 is 1. The van der Waals surface area contributed by atoms with Crippen molar-refractivity contribution in [1.29, 1.82) is 0 Å². The predicted octanol–water partition coefficient (Wildman–Crippen LogP) is 1.77. The molecule has 0 spiro atoms. The average molecular weight is 230 g/mol. The highest BCUT2D eigenvalue weighted by Crippen LogP contribution is 2.31. The van der Waals surface area contributed by atoms with Gasteiger partial charge < -0.3 is 10.5 Å². The lowest BCUT2D eigenvalue weighted by Gasteiger charge is -2.24. The molecule has 1 atom stereocenters. The maximum Gasteiger partial charge on any atom is 0.160 e. The summed E-state index contributed by atoms with van der Waals surface area (Å²) in [4.78, 5) is 3.64. The van der Waals surface area contributed by atoms with Gasteiger partial charge in [-0.15, -0.1) is 0 Å². The number of rotatable bonds is 6. The first-order valence-corrected chi connectivity index (χ1v) is 5.11. The van der Waals surface area contributed by atoms with E-state index in [4.69, 9.17) is 10.5 Å². The first-order chi connectivity index (χ1) is 7.62. The van der Waals surface area contributed by atoms with Gasteiger partial charge in [0.1, 0.15) is 5.82 Å². The minimum atomic E-state index is -1.72. The van der Waals surface area contributed by atoms with E-state index in [1.807, 2.05) is 0 Å². The third-order valence-corrected chi connectivity index (χ3v) is 2.37. The van der Waals surface area contributed by atoms with Crippen LogP contribution in [-0.4, -0.2) is 25.2 Å². The summed E-state index contributed by atoms with van der Waals surface area (Å²) in [6, 6.07) is 1.14. The molecule has 1 aromatic heterocycles. The Labute approximate surface area is 93.6 Å². The van der Waals surface area contributed by atoms with Crippen LogP contribution in [0.1, 0.15) is 18.4 Å². The molecule has 0 aliphatic rings. The molecule has 0 aromatic carbocycles. The van der Waals surface area contributed by atoms with Crippen molar-refractivity contribution in [2.24, 2.45) is 5.73 Å². The largest absolute Gasteiger partial charge is 0.381 e. The van der Waals surface area contributed by atoms with Crippen molar-refractivity contribution in [3.05, 3.63) is 29.8 Å². The summed E-state index contributed by atoms with van der Waals surface area (Å²) in [5.41, 5.74) is 3.82. The SMILES string of the molecule is COCC(F)(CCCN)c1cncc(F)c1. The van der Waals surface area contributed by atoms with Gasteiger partial charge in [-0.3, -0.25) is 4.98 Å². The first kappa shape index (κ1) is 13.0. The molecular formula is C11H16F2N2O. The van der Waals surface area contributed by atoms with Gasteiger partial charge in [0.15, 0.2) is 5.67 Å². The highest BCUT2D eigenvalue weighted by molar-refractivity contribution is 5.19. The maximum atomic E-state index is 14.5. The third-order valence-electron chi connectivity index (χ3n) is 2.37. The Bertz CT molecular complexity index is 336. The van der Waals surface area contributed by atoms with Gasteiger partial charge in [-0.05, 0) is 25.5 Å². The van der Waals surface area contributed by atoms with Gasteiger partial charge in [0, 0.05) is 18.9 Å². The smallest absolute Gasteiger partial charge is 0.160 e. The van der Waals surface area contributed by atoms with Gasteiger partial charge in [0.05, 0.1) is 12.8 Å². The molecule has 5 heteroatoms. The fraction of sp³-hybridized carbons (Fsp3) is 0.545. The van der Waals surface area contributed by atoms with E-state index in [9.17, 15) is 8.78 Å². The van der Waals surface area contributed by atoms with Crippen LogP contribution in [0.25, 0.3) is 0 Å². The van der Waals surface area contributed by atoms with E-state index in [1.54, 1.807) is 0 Å². The van der Waals surface area contributed by atoms with Crippen LogP contribution in [0.5, 0.6) is 0 Å². The number of nitrogens with zero attached hydrogens (tertiary/aromatic N) is 1. The van der Waals surface area contributed by atoms with Gasteiger partial charge in [-0.1, -0.05) is 0 Å². The Morgan fingerprint density at radius 2 is 2.25 bits per heavy atom. The molecule has 0 amide bonds. The summed E-state index contributed by atoms with van der Waals surface area (Å²) in [5, 5.41) is 0. The monoisotopic (exact) mass is 230 g/mol. The Morgan fingerprint density at radius 1 is 1.50 bits per heavy atom. The Hall–Kier alpha value is -1.07. The molecule has 0 saturated heterocycles. The molecule has 90 valence electrons. The number of hydrogen-bond acceptors (Lipinski definition) is 3. The molecule has 1 unspecified atom stereocenters. The molecule has 3 nitrogen and oxygen atoms in total. The van der Waals surface area contributed by atoms with E-state index in [0.717, 1.165) is 12.3 Å². The zero-order valence-corrected chi connectivity index (χ0v) is 9.25. The van der Waals surface area contributed by atoms with Gasteiger partial charge >= 0.3 is 0 Å².